The number of hydrogen-bond donors (Lipinski definition) is 1. The first kappa shape index (κ1) is 23.8. The monoisotopic (exact) mass is 486 g/mol. The minimum Gasteiger partial charge on any atom is -0.322 e. The van der Waals surface area contributed by atoms with Crippen molar-refractivity contribution in [3.63, 3.8) is 0 Å². The van der Waals surface area contributed by atoms with Crippen molar-refractivity contribution < 1.29 is 26.4 Å². The van der Waals surface area contributed by atoms with E-state index in [0.717, 1.165) is 10.5 Å². The number of rotatable bonds is 5. The molecule has 1 aromatic heterocycles. The molecule has 0 unspecified atom stereocenters. The molecule has 0 atom stereocenters. The number of nitrogens with one attached hydrogen (secondary N) is 1. The molecule has 12 heteroatoms. The highest BCUT2D eigenvalue weighted by Gasteiger charge is 2.40. The summed E-state index contributed by atoms with van der Waals surface area (Å²) in [7, 11) is -1.13. The quantitative estimate of drug-likeness (QED) is 0.581. The molecular weight excluding hydrogens is 469 g/mol. The van der Waals surface area contributed by atoms with Crippen LogP contribution >= 0.6 is 11.6 Å². The number of hydrogen-bond acceptors (Lipinski definition) is 4. The fourth-order valence-corrected chi connectivity index (χ4v) is 3.92. The fourth-order valence-electron chi connectivity index (χ4n) is 2.86. The number of aromatic nitrogens is 2. The topological polar surface area (TPSA) is 84.3 Å². The maximum atomic E-state index is 13.8. The van der Waals surface area contributed by atoms with Crippen LogP contribution in [0.1, 0.15) is 21.6 Å². The third-order valence-electron chi connectivity index (χ3n) is 4.59. The summed E-state index contributed by atoms with van der Waals surface area (Å²) < 4.78 is 67.8. The summed E-state index contributed by atoms with van der Waals surface area (Å²) in [5.74, 6) is -1.08. The number of benzene rings is 2. The Hall–Kier alpha value is -2.89. The number of carbonyl (C=O) groups is 1. The molecule has 0 aliphatic heterocycles. The third kappa shape index (κ3) is 4.64. The average molecular weight is 487 g/mol. The Morgan fingerprint density at radius 2 is 1.75 bits per heavy atom. The Bertz CT molecular complexity index is 1270. The Kier molecular flexibility index (Phi) is 6.36. The van der Waals surface area contributed by atoms with Crippen LogP contribution < -0.4 is 5.32 Å². The first-order chi connectivity index (χ1) is 14.8. The summed E-state index contributed by atoms with van der Waals surface area (Å²) in [6.45, 7) is 1.59. The second-order valence-corrected chi connectivity index (χ2v) is 9.60. The molecule has 1 amide bonds. The van der Waals surface area contributed by atoms with Crippen LogP contribution in [0.25, 0.3) is 5.69 Å². The van der Waals surface area contributed by atoms with Crippen molar-refractivity contribution in [2.24, 2.45) is 0 Å². The Morgan fingerprint density at radius 3 is 2.31 bits per heavy atom. The molecule has 0 fully saturated rings. The summed E-state index contributed by atoms with van der Waals surface area (Å²) >= 11 is 5.79. The SMILES string of the molecule is Cc1ccc(S(=O)(=O)N(C)C)cc1NC(=O)c1cnn(-c2ccc(Cl)cc2)c1C(F)(F)F. The molecule has 0 saturated carbocycles. The van der Waals surface area contributed by atoms with Gasteiger partial charge < -0.3 is 5.32 Å². The first-order valence-corrected chi connectivity index (χ1v) is 10.9. The second-order valence-electron chi connectivity index (χ2n) is 7.01. The van der Waals surface area contributed by atoms with E-state index in [0.29, 0.717) is 15.3 Å². The van der Waals surface area contributed by atoms with E-state index >= 15 is 0 Å². The largest absolute Gasteiger partial charge is 0.434 e. The van der Waals surface area contributed by atoms with Crippen molar-refractivity contribution in [1.82, 2.24) is 14.1 Å². The number of aryl methyl sites for hydroxylation is 1. The van der Waals surface area contributed by atoms with Gasteiger partial charge in [0, 0.05) is 24.8 Å². The van der Waals surface area contributed by atoms with Crippen molar-refractivity contribution in [1.29, 1.82) is 0 Å². The number of nitrogens with zero attached hydrogens (tertiary/aromatic N) is 3. The van der Waals surface area contributed by atoms with E-state index in [-0.39, 0.29) is 16.3 Å². The first-order valence-electron chi connectivity index (χ1n) is 9.08. The highest BCUT2D eigenvalue weighted by molar-refractivity contribution is 7.89. The van der Waals surface area contributed by atoms with E-state index in [9.17, 15) is 26.4 Å². The highest BCUT2D eigenvalue weighted by Crippen LogP contribution is 2.34. The van der Waals surface area contributed by atoms with Crippen LogP contribution in [0.15, 0.2) is 53.6 Å². The lowest BCUT2D eigenvalue weighted by Gasteiger charge is -2.15. The second kappa shape index (κ2) is 8.57. The third-order valence-corrected chi connectivity index (χ3v) is 6.65. The molecule has 0 saturated heterocycles. The van der Waals surface area contributed by atoms with Gasteiger partial charge in [0.15, 0.2) is 5.69 Å². The highest BCUT2D eigenvalue weighted by atomic mass is 35.5. The van der Waals surface area contributed by atoms with E-state index in [1.807, 2.05) is 0 Å². The van der Waals surface area contributed by atoms with Gasteiger partial charge in [-0.1, -0.05) is 17.7 Å². The fraction of sp³-hybridized carbons (Fsp3) is 0.200. The molecule has 7 nitrogen and oxygen atoms in total. The van der Waals surface area contributed by atoms with Crippen LogP contribution in [-0.4, -0.2) is 42.5 Å². The predicted molar refractivity (Wildman–Crippen MR) is 114 cm³/mol. The number of amides is 1. The molecule has 1 heterocycles. The molecule has 0 spiro atoms. The van der Waals surface area contributed by atoms with Crippen LogP contribution in [-0.2, 0) is 16.2 Å². The Morgan fingerprint density at radius 1 is 1.12 bits per heavy atom. The maximum absolute atomic E-state index is 13.8. The van der Waals surface area contributed by atoms with Crippen LogP contribution in [0.4, 0.5) is 18.9 Å². The predicted octanol–water partition coefficient (Wildman–Crippen LogP) is 4.36. The molecule has 1 N–H and O–H groups in total. The molecule has 3 rings (SSSR count). The van der Waals surface area contributed by atoms with Crippen molar-refractivity contribution >= 4 is 33.2 Å². The maximum Gasteiger partial charge on any atom is 0.434 e. The summed E-state index contributed by atoms with van der Waals surface area (Å²) in [4.78, 5) is 12.7. The lowest BCUT2D eigenvalue weighted by atomic mass is 10.1. The molecule has 0 radical (unpaired) electrons. The van der Waals surface area contributed by atoms with Gasteiger partial charge in [0.05, 0.1) is 22.3 Å². The smallest absolute Gasteiger partial charge is 0.322 e. The molecular formula is C20H18ClF3N4O3S. The molecule has 2 aromatic carbocycles. The van der Waals surface area contributed by atoms with Gasteiger partial charge in [-0.15, -0.1) is 0 Å². The molecule has 3 aromatic rings. The van der Waals surface area contributed by atoms with Gasteiger partial charge >= 0.3 is 6.18 Å². The molecule has 170 valence electrons. The van der Waals surface area contributed by atoms with Crippen molar-refractivity contribution in [3.05, 3.63) is 70.5 Å². The van der Waals surface area contributed by atoms with Gasteiger partial charge in [0.1, 0.15) is 0 Å². The van der Waals surface area contributed by atoms with Crippen LogP contribution in [0.3, 0.4) is 0 Å². The minimum atomic E-state index is -4.89. The molecule has 0 aliphatic carbocycles. The van der Waals surface area contributed by atoms with Gasteiger partial charge in [-0.3, -0.25) is 4.79 Å². The lowest BCUT2D eigenvalue weighted by Crippen LogP contribution is -2.23. The number of carbonyl (C=O) groups excluding carboxylic acids is 1. The average Bonchev–Trinajstić information content (AvgIpc) is 3.16. The summed E-state index contributed by atoms with van der Waals surface area (Å²) in [6, 6.07) is 9.47. The van der Waals surface area contributed by atoms with Gasteiger partial charge in [-0.2, -0.15) is 18.3 Å². The lowest BCUT2D eigenvalue weighted by molar-refractivity contribution is -0.143. The zero-order valence-electron chi connectivity index (χ0n) is 17.1. The van der Waals surface area contributed by atoms with Crippen LogP contribution in [0.5, 0.6) is 0 Å². The number of sulfonamides is 1. The van der Waals surface area contributed by atoms with E-state index in [4.69, 9.17) is 11.6 Å². The van der Waals surface area contributed by atoms with E-state index in [1.165, 1.54) is 56.6 Å². The van der Waals surface area contributed by atoms with Crippen LogP contribution in [0, 0.1) is 6.92 Å². The minimum absolute atomic E-state index is 0.0605. The summed E-state index contributed by atoms with van der Waals surface area (Å²) in [5, 5.41) is 6.43. The Labute approximate surface area is 187 Å². The van der Waals surface area contributed by atoms with E-state index in [2.05, 4.69) is 10.4 Å². The number of alkyl halides is 3. The van der Waals surface area contributed by atoms with Crippen molar-refractivity contribution in [2.45, 2.75) is 18.0 Å². The normalized spacial score (nSPS) is 12.2. The summed E-state index contributed by atoms with van der Waals surface area (Å²) in [6.07, 6.45) is -4.09. The Balaban J connectivity index is 2.03. The molecule has 0 bridgehead atoms. The zero-order chi connectivity index (χ0) is 23.8. The summed E-state index contributed by atoms with van der Waals surface area (Å²) in [5.41, 5.74) is -1.39. The zero-order valence-corrected chi connectivity index (χ0v) is 18.7. The number of halogens is 4. The van der Waals surface area contributed by atoms with Crippen LogP contribution in [0.2, 0.25) is 5.02 Å². The van der Waals surface area contributed by atoms with E-state index < -0.39 is 33.4 Å². The van der Waals surface area contributed by atoms with Crippen molar-refractivity contribution in [2.75, 3.05) is 19.4 Å². The van der Waals surface area contributed by atoms with Gasteiger partial charge in [-0.05, 0) is 48.9 Å². The van der Waals surface area contributed by atoms with Gasteiger partial charge in [0.2, 0.25) is 10.0 Å². The van der Waals surface area contributed by atoms with Gasteiger partial charge in [-0.25, -0.2) is 17.4 Å². The van der Waals surface area contributed by atoms with E-state index in [1.54, 1.807) is 6.92 Å². The van der Waals surface area contributed by atoms with Crippen molar-refractivity contribution in [3.8, 4) is 5.69 Å². The number of anilines is 1. The molecule has 0 aliphatic rings. The van der Waals surface area contributed by atoms with Gasteiger partial charge in [0.25, 0.3) is 5.91 Å². The molecule has 32 heavy (non-hydrogen) atoms. The standard InChI is InChI=1S/C20H18ClF3N4O3S/c1-12-4-9-15(32(30,31)27(2)3)10-17(12)26-19(29)16-11-25-28(18(16)20(22,23)24)14-7-5-13(21)6-8-14/h4-11H,1-3H3,(H,26,29).